The second-order valence-electron chi connectivity index (χ2n) is 13.2. The average Bonchev–Trinajstić information content (AvgIpc) is 2.84. The number of hydrogen-bond acceptors (Lipinski definition) is 4. The molecule has 22 heteroatoms. The lowest BCUT2D eigenvalue weighted by Gasteiger charge is -2.44. The molecule has 0 unspecified atom stereocenters. The van der Waals surface area contributed by atoms with Crippen LogP contribution in [0.3, 0.4) is 0 Å². The first-order valence-electron chi connectivity index (χ1n) is 14.7. The fourth-order valence-electron chi connectivity index (χ4n) is 6.00. The number of halogens is 1. The summed E-state index contributed by atoms with van der Waals surface area (Å²) >= 11 is 0. The maximum Gasteiger partial charge on any atom is 0.502 e. The minimum absolute atomic E-state index is 0. The lowest BCUT2D eigenvalue weighted by atomic mass is 11.2. The van der Waals surface area contributed by atoms with Crippen molar-refractivity contribution in [3.63, 3.8) is 0 Å². The van der Waals surface area contributed by atoms with Crippen LogP contribution in [0.2, 0.25) is 0 Å². The molecule has 0 aromatic rings. The Morgan fingerprint density at radius 3 is 0.391 bits per heavy atom. The second kappa shape index (κ2) is 18.7. The van der Waals surface area contributed by atoms with Gasteiger partial charge in [-0.1, -0.05) is 0 Å². The van der Waals surface area contributed by atoms with E-state index in [0.717, 1.165) is 0 Å². The molecular formula is C24H72BrN16P5. The van der Waals surface area contributed by atoms with Crippen LogP contribution in [0.15, 0.2) is 18.1 Å². The van der Waals surface area contributed by atoms with E-state index in [9.17, 15) is 0 Å². The monoisotopic (exact) mass is 818 g/mol. The van der Waals surface area contributed by atoms with Crippen LogP contribution in [-0.2, 0) is 0 Å². The van der Waals surface area contributed by atoms with Gasteiger partial charge in [0.15, 0.2) is 0 Å². The smallest absolute Gasteiger partial charge is 0.502 e. The van der Waals surface area contributed by atoms with Crippen molar-refractivity contribution in [3.8, 4) is 0 Å². The Kier molecular flexibility index (Phi) is 20.1. The molecule has 0 heterocycles. The molecule has 0 bridgehead atoms. The summed E-state index contributed by atoms with van der Waals surface area (Å²) in [4.78, 5) is 0. The van der Waals surface area contributed by atoms with Gasteiger partial charge in [0.25, 0.3) is 0 Å². The van der Waals surface area contributed by atoms with Crippen molar-refractivity contribution in [3.05, 3.63) is 0 Å². The van der Waals surface area contributed by atoms with Crippen molar-refractivity contribution in [2.24, 2.45) is 18.1 Å². The van der Waals surface area contributed by atoms with Crippen molar-refractivity contribution in [1.82, 2.24) is 56.0 Å². The summed E-state index contributed by atoms with van der Waals surface area (Å²) in [7, 11) is 36.8. The van der Waals surface area contributed by atoms with Crippen LogP contribution < -0.4 is 17.0 Å². The summed E-state index contributed by atoms with van der Waals surface area (Å²) in [6.45, 7) is 0. The Morgan fingerprint density at radius 1 is 0.239 bits per heavy atom. The molecule has 280 valence electrons. The first-order valence-corrected chi connectivity index (χ1v) is 22.7. The summed E-state index contributed by atoms with van der Waals surface area (Å²) in [5.74, 6) is 0. The summed E-state index contributed by atoms with van der Waals surface area (Å²) in [6, 6.07) is 0. The molecule has 0 aliphatic heterocycles. The molecule has 0 saturated carbocycles. The van der Waals surface area contributed by atoms with E-state index in [1.165, 1.54) is 0 Å². The van der Waals surface area contributed by atoms with Gasteiger partial charge in [-0.25, -0.2) is 56.0 Å². The van der Waals surface area contributed by atoms with Crippen LogP contribution >= 0.6 is 37.9 Å². The van der Waals surface area contributed by atoms with E-state index in [1.54, 1.807) is 0 Å². The van der Waals surface area contributed by atoms with Crippen molar-refractivity contribution in [2.45, 2.75) is 0 Å². The van der Waals surface area contributed by atoms with Crippen LogP contribution in [0.25, 0.3) is 0 Å². The third-order valence-corrected chi connectivity index (χ3v) is 28.0. The van der Waals surface area contributed by atoms with E-state index in [1.807, 2.05) is 0 Å². The van der Waals surface area contributed by atoms with Crippen LogP contribution in [0.1, 0.15) is 0 Å². The third kappa shape index (κ3) is 9.41. The molecule has 46 heavy (non-hydrogen) atoms. The standard InChI is InChI=1S/C24H72N16P5.BrH/c1-29(2)42(30(3)4,31(5)6)25-41(26-43(32(7)8,33(9)10)34(11)12,27-44(35(13)14,36(15)16)37(17)18)28-45(38(19)20,39(21)22)40(23)24;/h1-24H3;1H/q+1;/p-1. The summed E-state index contributed by atoms with van der Waals surface area (Å²) < 4.78 is 51.2. The molecule has 0 fully saturated rings. The minimum Gasteiger partial charge on any atom is -1.00 e. The van der Waals surface area contributed by atoms with Gasteiger partial charge in [-0.05, 0) is 187 Å². The zero-order valence-corrected chi connectivity index (χ0v) is 39.8. The molecule has 0 aliphatic rings. The summed E-state index contributed by atoms with van der Waals surface area (Å²) in [6.07, 6.45) is 0. The topological polar surface area (TPSA) is 88.3 Å². The number of rotatable bonds is 16. The zero-order chi connectivity index (χ0) is 36.3. The van der Waals surface area contributed by atoms with Crippen LogP contribution in [0.5, 0.6) is 0 Å². The van der Waals surface area contributed by atoms with Gasteiger partial charge in [0.2, 0.25) is 30.0 Å². The largest absolute Gasteiger partial charge is 1.00 e. The molecule has 0 saturated heterocycles. The molecule has 0 aromatic carbocycles. The molecule has 0 N–H and O–H groups in total. The quantitative estimate of drug-likeness (QED) is 0.214. The average molecular weight is 820 g/mol. The molecule has 0 rings (SSSR count). The summed E-state index contributed by atoms with van der Waals surface area (Å²) in [5, 5.41) is 0. The van der Waals surface area contributed by atoms with Crippen LogP contribution in [-0.4, -0.2) is 225 Å². The summed E-state index contributed by atoms with van der Waals surface area (Å²) in [5.41, 5.74) is 0. The number of hydrogen-bond donors (Lipinski definition) is 0. The fraction of sp³-hybridized carbons (Fsp3) is 1.00. The highest BCUT2D eigenvalue weighted by atomic mass is 79.9. The van der Waals surface area contributed by atoms with E-state index in [0.29, 0.717) is 0 Å². The van der Waals surface area contributed by atoms with Crippen LogP contribution in [0.4, 0.5) is 0 Å². The Hall–Kier alpha value is 1.35. The molecule has 0 amide bonds. The molecule has 0 spiro atoms. The van der Waals surface area contributed by atoms with E-state index in [4.69, 9.17) is 18.1 Å². The van der Waals surface area contributed by atoms with Gasteiger partial charge in [-0.3, -0.25) is 0 Å². The highest BCUT2D eigenvalue weighted by Crippen LogP contribution is 2.86. The second-order valence-corrected chi connectivity index (χ2v) is 31.0. The van der Waals surface area contributed by atoms with Gasteiger partial charge in [0.05, 0.1) is 0 Å². The first-order chi connectivity index (χ1) is 20.1. The Labute approximate surface area is 297 Å². The zero-order valence-electron chi connectivity index (χ0n) is 33.8. The van der Waals surface area contributed by atoms with Gasteiger partial charge in [-0.15, -0.1) is 0 Å². The molecule has 0 aliphatic carbocycles. The van der Waals surface area contributed by atoms with Crippen molar-refractivity contribution < 1.29 is 17.0 Å². The molecule has 0 atom stereocenters. The van der Waals surface area contributed by atoms with Crippen molar-refractivity contribution in [2.75, 3.05) is 169 Å². The van der Waals surface area contributed by atoms with Gasteiger partial charge in [-0.2, -0.15) is 0 Å². The van der Waals surface area contributed by atoms with E-state index < -0.39 is 37.9 Å². The maximum absolute atomic E-state index is 6.08. The lowest BCUT2D eigenvalue weighted by Crippen LogP contribution is -3.00. The van der Waals surface area contributed by atoms with Gasteiger partial charge >= 0.3 is 7.87 Å². The fourth-order valence-corrected chi connectivity index (χ4v) is 30.2. The van der Waals surface area contributed by atoms with Gasteiger partial charge < -0.3 is 17.0 Å². The highest BCUT2D eigenvalue weighted by Gasteiger charge is 2.56. The van der Waals surface area contributed by atoms with Gasteiger partial charge in [0, 0.05) is 0 Å². The van der Waals surface area contributed by atoms with E-state index in [2.05, 4.69) is 225 Å². The Bertz CT molecular complexity index is 883. The highest BCUT2D eigenvalue weighted by molar-refractivity contribution is 7.87. The minimum atomic E-state index is -3.43. The molecule has 0 aromatic heterocycles. The van der Waals surface area contributed by atoms with Crippen molar-refractivity contribution >= 4 is 37.9 Å². The SMILES string of the molecule is CN(C)P(=N[P+](N=P(N(C)C)(N(C)C)N(C)C)(N=P(N(C)C)(N(C)C)N(C)C)N=P(N(C)C)(N(C)C)N(C)C)(N(C)C)N(C)C.[Br-]. The third-order valence-electron chi connectivity index (χ3n) is 7.40. The maximum atomic E-state index is 6.08. The predicted molar refractivity (Wildman–Crippen MR) is 209 cm³/mol. The normalized spacial score (nSPS) is 14.5. The predicted octanol–water partition coefficient (Wildman–Crippen LogP) is 2.19. The van der Waals surface area contributed by atoms with Crippen LogP contribution in [0, 0.1) is 0 Å². The van der Waals surface area contributed by atoms with E-state index in [-0.39, 0.29) is 17.0 Å². The first kappa shape index (κ1) is 49.5. The molecule has 0 radical (unpaired) electrons. The van der Waals surface area contributed by atoms with E-state index >= 15 is 0 Å². The van der Waals surface area contributed by atoms with Crippen molar-refractivity contribution in [1.29, 1.82) is 0 Å². The van der Waals surface area contributed by atoms with Gasteiger partial charge in [0.1, 0.15) is 0 Å². The molecular weight excluding hydrogens is 747 g/mol. The lowest BCUT2D eigenvalue weighted by molar-refractivity contribution is -0.0000111. The molecule has 16 nitrogen and oxygen atoms in total. The number of nitrogens with zero attached hydrogens (tertiary/aromatic N) is 16. The Balaban J connectivity index is 0. The Morgan fingerprint density at radius 2 is 0.326 bits per heavy atom.